The Morgan fingerprint density at radius 1 is 1.30 bits per heavy atom. The Morgan fingerprint density at radius 3 is 2.91 bits per heavy atom. The van der Waals surface area contributed by atoms with Crippen LogP contribution in [0.2, 0.25) is 0 Å². The highest BCUT2D eigenvalue weighted by atomic mass is 16.2. The zero-order chi connectivity index (χ0) is 15.8. The summed E-state index contributed by atoms with van der Waals surface area (Å²) in [5, 5.41) is 4.19. The van der Waals surface area contributed by atoms with Gasteiger partial charge < -0.3 is 4.90 Å². The number of nitrogens with zero attached hydrogens (tertiary/aromatic N) is 3. The van der Waals surface area contributed by atoms with Gasteiger partial charge in [0.05, 0.1) is 0 Å². The van der Waals surface area contributed by atoms with Gasteiger partial charge >= 0.3 is 0 Å². The van der Waals surface area contributed by atoms with E-state index in [0.29, 0.717) is 18.4 Å². The van der Waals surface area contributed by atoms with Gasteiger partial charge in [-0.1, -0.05) is 6.42 Å². The summed E-state index contributed by atoms with van der Waals surface area (Å²) in [6, 6.07) is 2.54. The van der Waals surface area contributed by atoms with E-state index in [1.54, 1.807) is 0 Å². The predicted octanol–water partition coefficient (Wildman–Crippen LogP) is 3.17. The number of carbonyl (C=O) groups is 1. The zero-order valence-corrected chi connectivity index (χ0v) is 14.3. The summed E-state index contributed by atoms with van der Waals surface area (Å²) in [5.41, 5.74) is 1.15. The molecule has 0 radical (unpaired) electrons. The molecule has 3 fully saturated rings. The molecule has 4 heteroatoms. The molecule has 1 saturated heterocycles. The lowest BCUT2D eigenvalue weighted by atomic mass is 9.83. The smallest absolute Gasteiger partial charge is 0.223 e. The van der Waals surface area contributed by atoms with Gasteiger partial charge in [-0.2, -0.15) is 5.10 Å². The third kappa shape index (κ3) is 3.05. The minimum absolute atomic E-state index is 0.358. The minimum atomic E-state index is 0.358. The Labute approximate surface area is 139 Å². The maximum atomic E-state index is 12.7. The quantitative estimate of drug-likeness (QED) is 0.837. The topological polar surface area (TPSA) is 38.1 Å². The Bertz CT molecular complexity index is 567. The van der Waals surface area contributed by atoms with Gasteiger partial charge in [-0.25, -0.2) is 0 Å². The van der Waals surface area contributed by atoms with E-state index < -0.39 is 0 Å². The summed E-state index contributed by atoms with van der Waals surface area (Å²) >= 11 is 0. The molecule has 126 valence electrons. The summed E-state index contributed by atoms with van der Waals surface area (Å²) in [6.07, 6.45) is 12.8. The molecule has 1 aliphatic heterocycles. The molecule has 4 unspecified atom stereocenters. The second kappa shape index (κ2) is 6.29. The second-order valence-electron chi connectivity index (χ2n) is 8.00. The second-order valence-corrected chi connectivity index (χ2v) is 8.00. The number of carbonyl (C=O) groups excluding carboxylic acids is 1. The first-order valence-corrected chi connectivity index (χ1v) is 9.47. The van der Waals surface area contributed by atoms with Crippen LogP contribution in [0.15, 0.2) is 12.3 Å². The molecule has 4 nitrogen and oxygen atoms in total. The number of rotatable bonds is 5. The van der Waals surface area contributed by atoms with Crippen molar-refractivity contribution >= 4 is 5.91 Å². The van der Waals surface area contributed by atoms with Crippen LogP contribution in [-0.2, 0) is 18.3 Å². The van der Waals surface area contributed by atoms with Gasteiger partial charge in [0, 0.05) is 37.9 Å². The van der Waals surface area contributed by atoms with Crippen LogP contribution in [0.4, 0.5) is 0 Å². The number of amides is 1. The molecular weight excluding hydrogens is 286 g/mol. The Hall–Kier alpha value is -1.32. The van der Waals surface area contributed by atoms with Crippen molar-refractivity contribution in [1.82, 2.24) is 14.7 Å². The van der Waals surface area contributed by atoms with Crippen molar-refractivity contribution in [3.8, 4) is 0 Å². The molecule has 3 aliphatic rings. The van der Waals surface area contributed by atoms with E-state index in [1.165, 1.54) is 44.9 Å². The SMILES string of the molecule is Cn1nccc1CCC(=O)N1CCCC1CC1CC2CCC1C2. The molecule has 1 aromatic rings. The molecule has 2 heterocycles. The fourth-order valence-corrected chi connectivity index (χ4v) is 5.45. The lowest BCUT2D eigenvalue weighted by molar-refractivity contribution is -0.132. The van der Waals surface area contributed by atoms with E-state index in [-0.39, 0.29) is 0 Å². The first-order chi connectivity index (χ1) is 11.2. The molecule has 2 aliphatic carbocycles. The Morgan fingerprint density at radius 2 is 2.22 bits per heavy atom. The average molecular weight is 315 g/mol. The first-order valence-electron chi connectivity index (χ1n) is 9.47. The van der Waals surface area contributed by atoms with Crippen molar-refractivity contribution in [1.29, 1.82) is 0 Å². The van der Waals surface area contributed by atoms with E-state index in [4.69, 9.17) is 0 Å². The molecule has 4 rings (SSSR count). The van der Waals surface area contributed by atoms with Crippen LogP contribution in [0.1, 0.15) is 57.1 Å². The van der Waals surface area contributed by atoms with Crippen LogP contribution in [0, 0.1) is 17.8 Å². The standard InChI is InChI=1S/C19H29N3O/c1-21-17(8-9-20-21)6-7-19(23)22-10-2-3-18(22)13-16-12-14-4-5-15(16)11-14/h8-9,14-16,18H,2-7,10-13H2,1H3. The fraction of sp³-hybridized carbons (Fsp3) is 0.789. The van der Waals surface area contributed by atoms with Gasteiger partial charge in [0.1, 0.15) is 0 Å². The average Bonchev–Trinajstić information content (AvgIpc) is 3.29. The molecule has 1 amide bonds. The highest BCUT2D eigenvalue weighted by molar-refractivity contribution is 5.77. The number of hydrogen-bond acceptors (Lipinski definition) is 2. The van der Waals surface area contributed by atoms with Crippen molar-refractivity contribution in [2.45, 2.75) is 63.8 Å². The zero-order valence-electron chi connectivity index (χ0n) is 14.3. The van der Waals surface area contributed by atoms with Crippen molar-refractivity contribution in [3.63, 3.8) is 0 Å². The van der Waals surface area contributed by atoms with Crippen molar-refractivity contribution in [2.75, 3.05) is 6.54 Å². The number of aryl methyl sites for hydroxylation is 2. The third-order valence-corrected chi connectivity index (χ3v) is 6.67. The molecule has 23 heavy (non-hydrogen) atoms. The van der Waals surface area contributed by atoms with Crippen molar-refractivity contribution in [3.05, 3.63) is 18.0 Å². The van der Waals surface area contributed by atoms with Crippen LogP contribution in [0.5, 0.6) is 0 Å². The first kappa shape index (κ1) is 15.2. The maximum Gasteiger partial charge on any atom is 0.223 e. The van der Waals surface area contributed by atoms with Gasteiger partial charge in [-0.05, 0) is 68.8 Å². The summed E-state index contributed by atoms with van der Waals surface area (Å²) in [6.45, 7) is 0.982. The maximum absolute atomic E-state index is 12.7. The van der Waals surface area contributed by atoms with Crippen LogP contribution in [0.3, 0.4) is 0 Å². The van der Waals surface area contributed by atoms with E-state index in [0.717, 1.165) is 36.4 Å². The number of hydrogen-bond donors (Lipinski definition) is 0. The van der Waals surface area contributed by atoms with Crippen LogP contribution in [-0.4, -0.2) is 33.2 Å². The summed E-state index contributed by atoms with van der Waals surface area (Å²) in [5.74, 6) is 3.26. The van der Waals surface area contributed by atoms with Crippen molar-refractivity contribution in [2.24, 2.45) is 24.8 Å². The van der Waals surface area contributed by atoms with Crippen molar-refractivity contribution < 1.29 is 4.79 Å². The number of aromatic nitrogens is 2. The van der Waals surface area contributed by atoms with Gasteiger partial charge in [0.25, 0.3) is 0 Å². The van der Waals surface area contributed by atoms with Gasteiger partial charge in [0.15, 0.2) is 0 Å². The number of likely N-dealkylation sites (tertiary alicyclic amines) is 1. The third-order valence-electron chi connectivity index (χ3n) is 6.67. The van der Waals surface area contributed by atoms with Crippen LogP contribution >= 0.6 is 0 Å². The molecular formula is C19H29N3O. The van der Waals surface area contributed by atoms with E-state index in [1.807, 2.05) is 24.0 Å². The lowest BCUT2D eigenvalue weighted by Gasteiger charge is -2.30. The Kier molecular flexibility index (Phi) is 4.16. The summed E-state index contributed by atoms with van der Waals surface area (Å²) in [4.78, 5) is 14.9. The number of fused-ring (bicyclic) bond motifs is 2. The van der Waals surface area contributed by atoms with Gasteiger partial charge in [-0.3, -0.25) is 9.48 Å². The fourth-order valence-electron chi connectivity index (χ4n) is 5.45. The lowest BCUT2D eigenvalue weighted by Crippen LogP contribution is -2.37. The summed E-state index contributed by atoms with van der Waals surface area (Å²) < 4.78 is 1.88. The largest absolute Gasteiger partial charge is 0.340 e. The predicted molar refractivity (Wildman–Crippen MR) is 89.8 cm³/mol. The van der Waals surface area contributed by atoms with E-state index >= 15 is 0 Å². The molecule has 0 spiro atoms. The highest BCUT2D eigenvalue weighted by Crippen LogP contribution is 2.50. The van der Waals surface area contributed by atoms with E-state index in [2.05, 4.69) is 10.00 Å². The Balaban J connectivity index is 1.32. The molecule has 0 N–H and O–H groups in total. The highest BCUT2D eigenvalue weighted by Gasteiger charge is 2.41. The van der Waals surface area contributed by atoms with Gasteiger partial charge in [-0.15, -0.1) is 0 Å². The molecule has 0 aromatic carbocycles. The molecule has 2 bridgehead atoms. The van der Waals surface area contributed by atoms with Crippen LogP contribution in [0.25, 0.3) is 0 Å². The normalized spacial score (nSPS) is 32.8. The monoisotopic (exact) mass is 315 g/mol. The van der Waals surface area contributed by atoms with Crippen LogP contribution < -0.4 is 0 Å². The van der Waals surface area contributed by atoms with Gasteiger partial charge in [0.2, 0.25) is 5.91 Å². The van der Waals surface area contributed by atoms with E-state index in [9.17, 15) is 4.79 Å². The molecule has 4 atom stereocenters. The minimum Gasteiger partial charge on any atom is -0.340 e. The molecule has 2 saturated carbocycles. The summed E-state index contributed by atoms with van der Waals surface area (Å²) in [7, 11) is 1.95. The molecule has 1 aromatic heterocycles.